The predicted molar refractivity (Wildman–Crippen MR) is 117 cm³/mol. The maximum Gasteiger partial charge on any atom is 0.176 e. The third-order valence-electron chi connectivity index (χ3n) is 4.56. The van der Waals surface area contributed by atoms with E-state index in [-0.39, 0.29) is 6.04 Å². The molecule has 0 aliphatic rings. The molecule has 0 fully saturated rings. The second-order valence-corrected chi connectivity index (χ2v) is 10.6. The number of H-pyrrole nitrogens is 1. The van der Waals surface area contributed by atoms with Crippen LogP contribution in [0.4, 0.5) is 0 Å². The maximum absolute atomic E-state index is 6.34. The summed E-state index contributed by atoms with van der Waals surface area (Å²) in [6.07, 6.45) is -1.67. The fraction of sp³-hybridized carbons (Fsp3) is 0.0952. The Bertz CT molecular complexity index is 997. The summed E-state index contributed by atoms with van der Waals surface area (Å²) in [6, 6.07) is 30.9. The highest BCUT2D eigenvalue weighted by molar-refractivity contribution is 8.20. The number of tetrazole rings is 1. The molecule has 1 heterocycles. The third kappa shape index (κ3) is 4.09. The maximum atomic E-state index is 6.34. The van der Waals surface area contributed by atoms with E-state index in [0.29, 0.717) is 12.2 Å². The van der Waals surface area contributed by atoms with Crippen molar-refractivity contribution in [2.24, 2.45) is 0 Å². The fourth-order valence-electron chi connectivity index (χ4n) is 3.17. The number of hydrogen-bond donors (Lipinski definition) is 2. The van der Waals surface area contributed by atoms with Crippen LogP contribution in [-0.4, -0.2) is 20.6 Å². The molecule has 0 saturated heterocycles. The lowest BCUT2D eigenvalue weighted by Crippen LogP contribution is -2.31. The molecule has 0 aliphatic carbocycles. The molecule has 4 rings (SSSR count). The van der Waals surface area contributed by atoms with Gasteiger partial charge in [0.1, 0.15) is 0 Å². The Morgan fingerprint density at radius 1 is 0.821 bits per heavy atom. The van der Waals surface area contributed by atoms with Gasteiger partial charge in [-0.3, -0.25) is 5.09 Å². The average molecular weight is 405 g/mol. The van der Waals surface area contributed by atoms with E-state index in [0.717, 1.165) is 16.2 Å². The molecule has 4 aromatic rings. The van der Waals surface area contributed by atoms with Crippen LogP contribution in [0.2, 0.25) is 0 Å². The van der Waals surface area contributed by atoms with Crippen molar-refractivity contribution < 1.29 is 0 Å². The molecule has 0 radical (unpaired) electrons. The summed E-state index contributed by atoms with van der Waals surface area (Å²) >= 11 is 6.34. The van der Waals surface area contributed by atoms with E-state index in [9.17, 15) is 0 Å². The number of hydrogen-bond acceptors (Lipinski definition) is 4. The Hall–Kier alpha value is -2.66. The van der Waals surface area contributed by atoms with Gasteiger partial charge in [-0.25, -0.2) is 0 Å². The van der Waals surface area contributed by atoms with Crippen molar-refractivity contribution in [1.29, 1.82) is 0 Å². The Labute approximate surface area is 169 Å². The monoisotopic (exact) mass is 405 g/mol. The number of aromatic nitrogens is 4. The van der Waals surface area contributed by atoms with Crippen molar-refractivity contribution in [3.8, 4) is 0 Å². The lowest BCUT2D eigenvalue weighted by Gasteiger charge is -2.30. The fourth-order valence-corrected chi connectivity index (χ4v) is 6.74. The molecule has 0 unspecified atom stereocenters. The van der Waals surface area contributed by atoms with E-state index in [1.54, 1.807) is 0 Å². The first-order chi connectivity index (χ1) is 13.8. The quantitative estimate of drug-likeness (QED) is 0.463. The van der Waals surface area contributed by atoms with Crippen LogP contribution in [0.1, 0.15) is 17.4 Å². The molecule has 0 saturated carbocycles. The van der Waals surface area contributed by atoms with Gasteiger partial charge >= 0.3 is 0 Å². The summed E-state index contributed by atoms with van der Waals surface area (Å²) in [5.74, 6) is 0.657. The van der Waals surface area contributed by atoms with E-state index in [2.05, 4.69) is 62.1 Å². The van der Waals surface area contributed by atoms with Crippen molar-refractivity contribution in [1.82, 2.24) is 25.7 Å². The van der Waals surface area contributed by atoms with E-state index >= 15 is 0 Å². The molecule has 2 N–H and O–H groups in total. The highest BCUT2D eigenvalue weighted by Gasteiger charge is 2.27. The van der Waals surface area contributed by atoms with E-state index in [1.165, 1.54) is 0 Å². The van der Waals surface area contributed by atoms with Crippen LogP contribution < -0.4 is 15.7 Å². The zero-order chi connectivity index (χ0) is 19.2. The van der Waals surface area contributed by atoms with Gasteiger partial charge in [-0.15, -0.1) is 10.2 Å². The number of rotatable bonds is 7. The molecule has 7 heteroatoms. The van der Waals surface area contributed by atoms with Gasteiger partial charge in [0.2, 0.25) is 0 Å². The summed E-state index contributed by atoms with van der Waals surface area (Å²) in [7, 11) is 0. The summed E-state index contributed by atoms with van der Waals surface area (Å²) in [6.45, 7) is 0. The highest BCUT2D eigenvalue weighted by atomic mass is 32.4. The Morgan fingerprint density at radius 2 is 1.36 bits per heavy atom. The first kappa shape index (κ1) is 18.7. The normalized spacial score (nSPS) is 12.6. The lowest BCUT2D eigenvalue weighted by atomic mass is 10.0. The van der Waals surface area contributed by atoms with E-state index in [4.69, 9.17) is 11.8 Å². The topological polar surface area (TPSA) is 66.5 Å². The summed E-state index contributed by atoms with van der Waals surface area (Å²) in [5, 5.41) is 20.6. The number of nitrogens with zero attached hydrogens (tertiary/aromatic N) is 3. The van der Waals surface area contributed by atoms with E-state index in [1.807, 2.05) is 54.6 Å². The first-order valence-electron chi connectivity index (χ1n) is 9.02. The van der Waals surface area contributed by atoms with Crippen molar-refractivity contribution >= 4 is 28.6 Å². The van der Waals surface area contributed by atoms with Gasteiger partial charge in [-0.2, -0.15) is 5.21 Å². The molecule has 0 amide bonds. The average Bonchev–Trinajstić information content (AvgIpc) is 3.28. The molecule has 140 valence electrons. The molecule has 1 atom stereocenters. The minimum atomic E-state index is -2.27. The van der Waals surface area contributed by atoms with E-state index < -0.39 is 6.19 Å². The van der Waals surface area contributed by atoms with Crippen molar-refractivity contribution in [3.05, 3.63) is 102 Å². The van der Waals surface area contributed by atoms with Crippen LogP contribution in [0.15, 0.2) is 91.0 Å². The Balaban J connectivity index is 1.77. The smallest absolute Gasteiger partial charge is 0.176 e. The number of benzene rings is 3. The van der Waals surface area contributed by atoms with Gasteiger partial charge in [-0.05, 0) is 5.56 Å². The van der Waals surface area contributed by atoms with Gasteiger partial charge in [0.15, 0.2) is 5.82 Å². The third-order valence-corrected chi connectivity index (χ3v) is 8.86. The standard InChI is InChI=1S/C21H20N5PS/c28-27(18-12-6-2-7-13-18,19-14-8-3-9-15-19)24-20(16-21-22-25-26-23-21)17-10-4-1-5-11-17/h1-15,20H,16H2,(H,24,28)(H,22,23,25,26)/t20-/m1/s1. The molecule has 0 spiro atoms. The molecule has 1 aromatic heterocycles. The number of nitrogens with one attached hydrogen (secondary N) is 2. The number of aromatic amines is 1. The Kier molecular flexibility index (Phi) is 5.72. The Morgan fingerprint density at radius 3 is 1.86 bits per heavy atom. The van der Waals surface area contributed by atoms with Gasteiger partial charge in [-0.1, -0.05) is 108 Å². The first-order valence-corrected chi connectivity index (χ1v) is 11.8. The van der Waals surface area contributed by atoms with Crippen molar-refractivity contribution in [2.75, 3.05) is 0 Å². The zero-order valence-corrected chi connectivity index (χ0v) is 16.9. The predicted octanol–water partition coefficient (Wildman–Crippen LogP) is 3.12. The summed E-state index contributed by atoms with van der Waals surface area (Å²) < 4.78 is 0. The second-order valence-electron chi connectivity index (χ2n) is 6.40. The van der Waals surface area contributed by atoms with Gasteiger partial charge in [0.05, 0.1) is 6.19 Å². The minimum absolute atomic E-state index is 0.0370. The minimum Gasteiger partial charge on any atom is -0.274 e. The molecule has 5 nitrogen and oxygen atoms in total. The molecule has 28 heavy (non-hydrogen) atoms. The molecule has 0 aliphatic heterocycles. The lowest BCUT2D eigenvalue weighted by molar-refractivity contribution is 0.642. The molecule has 0 bridgehead atoms. The molecular weight excluding hydrogens is 385 g/mol. The van der Waals surface area contributed by atoms with Crippen LogP contribution >= 0.6 is 6.19 Å². The summed E-state index contributed by atoms with van der Waals surface area (Å²) in [4.78, 5) is 0. The van der Waals surface area contributed by atoms with Gasteiger partial charge in [0.25, 0.3) is 0 Å². The van der Waals surface area contributed by atoms with Gasteiger partial charge < -0.3 is 0 Å². The van der Waals surface area contributed by atoms with Crippen LogP contribution in [-0.2, 0) is 18.2 Å². The van der Waals surface area contributed by atoms with Crippen LogP contribution in [0.25, 0.3) is 0 Å². The van der Waals surface area contributed by atoms with Crippen LogP contribution in [0, 0.1) is 0 Å². The van der Waals surface area contributed by atoms with Crippen molar-refractivity contribution in [2.45, 2.75) is 12.5 Å². The second kappa shape index (κ2) is 8.57. The highest BCUT2D eigenvalue weighted by Crippen LogP contribution is 2.42. The SMILES string of the molecule is S=P(N[C@H](Cc1nn[nH]n1)c1ccccc1)(c1ccccc1)c1ccccc1. The van der Waals surface area contributed by atoms with Gasteiger partial charge in [0, 0.05) is 23.1 Å². The zero-order valence-electron chi connectivity index (χ0n) is 15.1. The van der Waals surface area contributed by atoms with Crippen LogP contribution in [0.3, 0.4) is 0 Å². The van der Waals surface area contributed by atoms with Crippen molar-refractivity contribution in [3.63, 3.8) is 0 Å². The summed E-state index contributed by atoms with van der Waals surface area (Å²) in [5.41, 5.74) is 1.15. The van der Waals surface area contributed by atoms with Crippen LogP contribution in [0.5, 0.6) is 0 Å². The molecular formula is C21H20N5PS. The molecule has 3 aromatic carbocycles. The largest absolute Gasteiger partial charge is 0.274 e.